The second kappa shape index (κ2) is 11.7. The highest BCUT2D eigenvalue weighted by Gasteiger charge is 2.23. The molecule has 2 N–H and O–H groups in total. The number of nitrogens with zero attached hydrogens (tertiary/aromatic N) is 3. The van der Waals surface area contributed by atoms with E-state index in [-0.39, 0.29) is 15.8 Å². The van der Waals surface area contributed by atoms with Crippen molar-refractivity contribution < 1.29 is 17.5 Å². The first-order valence-corrected chi connectivity index (χ1v) is 15.7. The van der Waals surface area contributed by atoms with Gasteiger partial charge in [-0.3, -0.25) is 4.72 Å². The molecule has 1 unspecified atom stereocenters. The van der Waals surface area contributed by atoms with Gasteiger partial charge in [-0.15, -0.1) is 11.3 Å². The largest absolute Gasteiger partial charge is 0.437 e. The van der Waals surface area contributed by atoms with Gasteiger partial charge < -0.3 is 10.1 Å². The Bertz CT molecular complexity index is 1820. The lowest BCUT2D eigenvalue weighted by molar-refractivity contribution is 0.213. The number of aromatic nitrogens is 3. The molecule has 1 fully saturated rings. The average Bonchev–Trinajstić information content (AvgIpc) is 3.42. The Balaban J connectivity index is 1.27. The Morgan fingerprint density at radius 2 is 1.85 bits per heavy atom. The van der Waals surface area contributed by atoms with E-state index >= 15 is 0 Å². The van der Waals surface area contributed by atoms with Crippen molar-refractivity contribution in [2.45, 2.75) is 23.9 Å². The molecular formula is C29H25ClFN5O3S2. The van der Waals surface area contributed by atoms with Crippen LogP contribution < -0.4 is 14.8 Å². The highest BCUT2D eigenvalue weighted by Crippen LogP contribution is 2.39. The van der Waals surface area contributed by atoms with Crippen LogP contribution in [-0.4, -0.2) is 42.6 Å². The van der Waals surface area contributed by atoms with Crippen LogP contribution >= 0.6 is 22.9 Å². The lowest BCUT2D eigenvalue weighted by Gasteiger charge is -2.24. The Kier molecular flexibility index (Phi) is 7.85. The fourth-order valence-corrected chi connectivity index (χ4v) is 7.20. The molecule has 0 radical (unpaired) electrons. The van der Waals surface area contributed by atoms with Crippen LogP contribution in [-0.2, 0) is 16.4 Å². The van der Waals surface area contributed by atoms with E-state index in [0.717, 1.165) is 11.4 Å². The van der Waals surface area contributed by atoms with Crippen molar-refractivity contribution in [3.8, 4) is 22.2 Å². The first-order valence-electron chi connectivity index (χ1n) is 12.9. The number of sulfonamides is 1. The maximum atomic E-state index is 13.8. The fraction of sp³-hybridized carbons (Fsp3) is 0.207. The van der Waals surface area contributed by atoms with E-state index in [2.05, 4.69) is 20.0 Å². The fourth-order valence-electron chi connectivity index (χ4n) is 4.91. The molecule has 3 aromatic carbocycles. The van der Waals surface area contributed by atoms with Crippen LogP contribution in [0.1, 0.15) is 12.2 Å². The third kappa shape index (κ3) is 6.03. The number of hydrogen-bond acceptors (Lipinski definition) is 8. The molecule has 0 saturated carbocycles. The molecule has 1 aliphatic heterocycles. The number of fused-ring (bicyclic) bond motifs is 1. The number of hydrogen-bond donors (Lipinski definition) is 2. The summed E-state index contributed by atoms with van der Waals surface area (Å²) < 4.78 is 49.0. The monoisotopic (exact) mass is 609 g/mol. The lowest BCUT2D eigenvalue weighted by Crippen LogP contribution is -2.38. The van der Waals surface area contributed by atoms with Crippen LogP contribution in [0.2, 0.25) is 5.02 Å². The van der Waals surface area contributed by atoms with Crippen LogP contribution in [0.4, 0.5) is 10.1 Å². The number of thiazole rings is 1. The zero-order valence-corrected chi connectivity index (χ0v) is 24.0. The van der Waals surface area contributed by atoms with Crippen molar-refractivity contribution in [3.63, 3.8) is 0 Å². The molecule has 210 valence electrons. The molecule has 0 amide bonds. The quantitative estimate of drug-likeness (QED) is 0.207. The molecule has 0 spiro atoms. The average molecular weight is 610 g/mol. The number of rotatable bonds is 8. The molecule has 1 saturated heterocycles. The summed E-state index contributed by atoms with van der Waals surface area (Å²) in [7, 11) is -3.93. The Hall–Kier alpha value is -3.64. The van der Waals surface area contributed by atoms with Gasteiger partial charge in [0.05, 0.1) is 21.9 Å². The number of halogens is 2. The van der Waals surface area contributed by atoms with E-state index in [9.17, 15) is 12.8 Å². The Morgan fingerprint density at radius 3 is 2.71 bits per heavy atom. The number of ether oxygens (including phenoxy) is 1. The SMILES string of the molecule is O=S(=O)(Nc1cccc2c(Oc3ncsc3-c3ccnc(CC4CNC[C@@H](F)C4)n3)cccc12)c1ccccc1Cl. The maximum Gasteiger partial charge on any atom is 0.263 e. The molecular weight excluding hydrogens is 585 g/mol. The van der Waals surface area contributed by atoms with Crippen LogP contribution in [0.5, 0.6) is 11.6 Å². The first-order chi connectivity index (χ1) is 19.9. The third-order valence-electron chi connectivity index (χ3n) is 6.79. The molecule has 2 aromatic heterocycles. The van der Waals surface area contributed by atoms with Crippen molar-refractivity contribution in [2.24, 2.45) is 5.92 Å². The summed E-state index contributed by atoms with van der Waals surface area (Å²) in [6, 6.07) is 18.8. The molecule has 2 atom stereocenters. The highest BCUT2D eigenvalue weighted by molar-refractivity contribution is 7.92. The van der Waals surface area contributed by atoms with Gasteiger partial charge in [0.1, 0.15) is 27.5 Å². The number of nitrogens with one attached hydrogen (secondary N) is 2. The minimum atomic E-state index is -3.93. The predicted octanol–water partition coefficient (Wildman–Crippen LogP) is 6.49. The summed E-state index contributed by atoms with van der Waals surface area (Å²) in [5.74, 6) is 1.65. The summed E-state index contributed by atoms with van der Waals surface area (Å²) in [4.78, 5) is 14.3. The number of piperidine rings is 1. The van der Waals surface area contributed by atoms with E-state index < -0.39 is 16.2 Å². The van der Waals surface area contributed by atoms with Gasteiger partial charge in [0.2, 0.25) is 5.88 Å². The van der Waals surface area contributed by atoms with Gasteiger partial charge in [-0.1, -0.05) is 48.0 Å². The molecule has 12 heteroatoms. The van der Waals surface area contributed by atoms with Crippen LogP contribution in [0.3, 0.4) is 0 Å². The molecule has 0 aliphatic carbocycles. The molecule has 5 aromatic rings. The zero-order valence-electron chi connectivity index (χ0n) is 21.6. The maximum absolute atomic E-state index is 13.8. The molecule has 8 nitrogen and oxygen atoms in total. The Morgan fingerprint density at radius 1 is 1.02 bits per heavy atom. The van der Waals surface area contributed by atoms with Crippen molar-refractivity contribution in [1.82, 2.24) is 20.3 Å². The number of anilines is 1. The van der Waals surface area contributed by atoms with Crippen molar-refractivity contribution in [3.05, 3.63) is 89.3 Å². The van der Waals surface area contributed by atoms with Crippen LogP contribution in [0.15, 0.2) is 83.3 Å². The van der Waals surface area contributed by atoms with Gasteiger partial charge in [-0.05, 0) is 49.2 Å². The molecule has 1 aliphatic rings. The topological polar surface area (TPSA) is 106 Å². The summed E-state index contributed by atoms with van der Waals surface area (Å²) in [6.45, 7) is 1.13. The van der Waals surface area contributed by atoms with E-state index in [1.165, 1.54) is 23.5 Å². The number of benzene rings is 3. The van der Waals surface area contributed by atoms with Crippen molar-refractivity contribution in [2.75, 3.05) is 17.8 Å². The smallest absolute Gasteiger partial charge is 0.263 e. The van der Waals surface area contributed by atoms with E-state index in [1.54, 1.807) is 54.2 Å². The lowest BCUT2D eigenvalue weighted by atomic mass is 9.95. The second-order valence-corrected chi connectivity index (χ2v) is 12.6. The predicted molar refractivity (Wildman–Crippen MR) is 159 cm³/mol. The van der Waals surface area contributed by atoms with Gasteiger partial charge in [0.25, 0.3) is 10.0 Å². The van der Waals surface area contributed by atoms with Crippen LogP contribution in [0.25, 0.3) is 21.3 Å². The molecule has 3 heterocycles. The minimum absolute atomic E-state index is 0.00771. The Labute approximate surface area is 245 Å². The van der Waals surface area contributed by atoms with Crippen molar-refractivity contribution in [1.29, 1.82) is 0 Å². The van der Waals surface area contributed by atoms with E-state index in [4.69, 9.17) is 21.3 Å². The summed E-state index contributed by atoms with van der Waals surface area (Å²) in [6.07, 6.45) is 1.91. The van der Waals surface area contributed by atoms with Gasteiger partial charge in [-0.25, -0.2) is 27.8 Å². The van der Waals surface area contributed by atoms with Crippen molar-refractivity contribution >= 4 is 49.4 Å². The minimum Gasteiger partial charge on any atom is -0.437 e. The third-order valence-corrected chi connectivity index (χ3v) is 9.49. The second-order valence-electron chi connectivity index (χ2n) is 9.70. The number of alkyl halides is 1. The van der Waals surface area contributed by atoms with Gasteiger partial charge in [0, 0.05) is 29.9 Å². The standard InChI is InChI=1S/C29H25ClFN5O3S2/c30-22-7-1-2-10-26(22)41(37,38)36-23-8-3-6-21-20(23)5-4-9-25(21)39-29-28(40-17-34-29)24-11-12-33-27(35-24)14-18-13-19(31)16-32-15-18/h1-12,17-19,32,36H,13-16H2/t18?,19-/m0/s1. The highest BCUT2D eigenvalue weighted by atomic mass is 35.5. The summed E-state index contributed by atoms with van der Waals surface area (Å²) in [5, 5.41) is 4.60. The van der Waals surface area contributed by atoms with E-state index in [0.29, 0.717) is 59.0 Å². The van der Waals surface area contributed by atoms with Gasteiger partial charge in [-0.2, -0.15) is 0 Å². The zero-order chi connectivity index (χ0) is 28.4. The van der Waals surface area contributed by atoms with Gasteiger partial charge >= 0.3 is 0 Å². The van der Waals surface area contributed by atoms with E-state index in [1.807, 2.05) is 12.1 Å². The molecule has 0 bridgehead atoms. The van der Waals surface area contributed by atoms with Crippen LogP contribution in [0, 0.1) is 5.92 Å². The summed E-state index contributed by atoms with van der Waals surface area (Å²) >= 11 is 7.55. The summed E-state index contributed by atoms with van der Waals surface area (Å²) in [5.41, 5.74) is 2.74. The molecule has 6 rings (SSSR count). The van der Waals surface area contributed by atoms with Gasteiger partial charge in [0.15, 0.2) is 0 Å². The first kappa shape index (κ1) is 27.5. The normalized spacial score (nSPS) is 17.4. The molecule has 41 heavy (non-hydrogen) atoms.